The van der Waals surface area contributed by atoms with Gasteiger partial charge in [-0.05, 0) is 37.7 Å². The minimum Gasteiger partial charge on any atom is -0.369 e. The number of anilines is 1. The van der Waals surface area contributed by atoms with Crippen molar-refractivity contribution < 1.29 is 0 Å². The largest absolute Gasteiger partial charge is 0.369 e. The van der Waals surface area contributed by atoms with Crippen LogP contribution in [0.15, 0.2) is 30.5 Å². The minimum atomic E-state index is 1.09. The number of hydrogen-bond donors (Lipinski definition) is 0. The molecule has 1 aromatic carbocycles. The van der Waals surface area contributed by atoms with E-state index < -0.39 is 0 Å². The van der Waals surface area contributed by atoms with Gasteiger partial charge < -0.3 is 9.80 Å². The normalized spacial score (nSPS) is 17.3. The van der Waals surface area contributed by atoms with Gasteiger partial charge in [0.05, 0.1) is 5.52 Å². The van der Waals surface area contributed by atoms with Crippen LogP contribution in [-0.2, 0) is 0 Å². The van der Waals surface area contributed by atoms with Crippen LogP contribution in [0.4, 0.5) is 5.69 Å². The molecule has 0 spiro atoms. The van der Waals surface area contributed by atoms with Gasteiger partial charge in [-0.1, -0.05) is 6.07 Å². The van der Waals surface area contributed by atoms with Crippen LogP contribution in [0.5, 0.6) is 0 Å². The standard InChI is InChI=1S/C15H19N3/c1-12-9-13-3-4-14(10-15(13)16-11-12)18-7-5-17(2)6-8-18/h3-4,9-11H,5-8H2,1-2H3. The van der Waals surface area contributed by atoms with Crippen LogP contribution in [0.3, 0.4) is 0 Å². The van der Waals surface area contributed by atoms with Crippen LogP contribution in [-0.4, -0.2) is 43.1 Å². The van der Waals surface area contributed by atoms with Gasteiger partial charge in [0.15, 0.2) is 0 Å². The SMILES string of the molecule is Cc1cnc2cc(N3CCN(C)CC3)ccc2c1. The molecule has 0 amide bonds. The molecule has 2 aromatic rings. The summed E-state index contributed by atoms with van der Waals surface area (Å²) < 4.78 is 0. The summed E-state index contributed by atoms with van der Waals surface area (Å²) in [7, 11) is 2.18. The smallest absolute Gasteiger partial charge is 0.0722 e. The second kappa shape index (κ2) is 4.58. The lowest BCUT2D eigenvalue weighted by Crippen LogP contribution is -2.44. The van der Waals surface area contributed by atoms with E-state index in [1.54, 1.807) is 0 Å². The molecule has 1 saturated heterocycles. The molecule has 0 unspecified atom stereocenters. The van der Waals surface area contributed by atoms with Gasteiger partial charge in [0, 0.05) is 43.4 Å². The first kappa shape index (κ1) is 11.5. The Hall–Kier alpha value is -1.61. The van der Waals surface area contributed by atoms with Crippen molar-refractivity contribution >= 4 is 16.6 Å². The average molecular weight is 241 g/mol. The Morgan fingerprint density at radius 2 is 1.83 bits per heavy atom. The molecular formula is C15H19N3. The van der Waals surface area contributed by atoms with Crippen molar-refractivity contribution in [3.05, 3.63) is 36.0 Å². The van der Waals surface area contributed by atoms with Crippen molar-refractivity contribution in [2.24, 2.45) is 0 Å². The predicted octanol–water partition coefficient (Wildman–Crippen LogP) is 2.30. The number of aromatic nitrogens is 1. The fraction of sp³-hybridized carbons (Fsp3) is 0.400. The number of pyridine rings is 1. The highest BCUT2D eigenvalue weighted by Crippen LogP contribution is 2.22. The molecule has 1 aliphatic rings. The highest BCUT2D eigenvalue weighted by molar-refractivity contribution is 5.82. The van der Waals surface area contributed by atoms with Gasteiger partial charge in [-0.15, -0.1) is 0 Å². The maximum atomic E-state index is 4.51. The van der Waals surface area contributed by atoms with E-state index >= 15 is 0 Å². The van der Waals surface area contributed by atoms with Crippen molar-refractivity contribution in [3.8, 4) is 0 Å². The molecule has 0 bridgehead atoms. The zero-order valence-electron chi connectivity index (χ0n) is 11.1. The molecule has 3 rings (SSSR count). The highest BCUT2D eigenvalue weighted by Gasteiger charge is 2.14. The summed E-state index contributed by atoms with van der Waals surface area (Å²) in [6.45, 7) is 6.57. The van der Waals surface area contributed by atoms with Crippen molar-refractivity contribution in [1.82, 2.24) is 9.88 Å². The zero-order chi connectivity index (χ0) is 12.5. The molecule has 0 radical (unpaired) electrons. The van der Waals surface area contributed by atoms with E-state index in [1.807, 2.05) is 6.20 Å². The Labute approximate surface area is 108 Å². The molecule has 0 N–H and O–H groups in total. The van der Waals surface area contributed by atoms with Crippen LogP contribution in [0.1, 0.15) is 5.56 Å². The predicted molar refractivity (Wildman–Crippen MR) is 76.2 cm³/mol. The summed E-state index contributed by atoms with van der Waals surface area (Å²) >= 11 is 0. The van der Waals surface area contributed by atoms with Gasteiger partial charge in [0.2, 0.25) is 0 Å². The Morgan fingerprint density at radius 1 is 1.06 bits per heavy atom. The molecule has 0 saturated carbocycles. The molecule has 3 heteroatoms. The van der Waals surface area contributed by atoms with Gasteiger partial charge in [-0.25, -0.2) is 0 Å². The second-order valence-corrected chi connectivity index (χ2v) is 5.18. The summed E-state index contributed by atoms with van der Waals surface area (Å²) in [5.74, 6) is 0. The summed E-state index contributed by atoms with van der Waals surface area (Å²) in [6, 6.07) is 8.80. The Kier molecular flexibility index (Phi) is 2.92. The van der Waals surface area contributed by atoms with E-state index in [2.05, 4.69) is 53.0 Å². The summed E-state index contributed by atoms with van der Waals surface area (Å²) in [6.07, 6.45) is 1.94. The van der Waals surface area contributed by atoms with Crippen molar-refractivity contribution in [2.75, 3.05) is 38.1 Å². The molecule has 1 aromatic heterocycles. The third-order valence-electron chi connectivity index (χ3n) is 3.67. The maximum Gasteiger partial charge on any atom is 0.0722 e. The number of piperazine rings is 1. The zero-order valence-corrected chi connectivity index (χ0v) is 11.1. The maximum absolute atomic E-state index is 4.51. The van der Waals surface area contributed by atoms with Crippen LogP contribution >= 0.6 is 0 Å². The first-order valence-electron chi connectivity index (χ1n) is 6.52. The molecule has 18 heavy (non-hydrogen) atoms. The number of benzene rings is 1. The average Bonchev–Trinajstić information content (AvgIpc) is 2.39. The highest BCUT2D eigenvalue weighted by atomic mass is 15.2. The number of aryl methyl sites for hydroxylation is 1. The summed E-state index contributed by atoms with van der Waals surface area (Å²) in [4.78, 5) is 9.33. The lowest BCUT2D eigenvalue weighted by atomic mass is 10.1. The Balaban J connectivity index is 1.91. The van der Waals surface area contributed by atoms with E-state index in [0.717, 1.165) is 31.7 Å². The topological polar surface area (TPSA) is 19.4 Å². The van der Waals surface area contributed by atoms with Crippen molar-refractivity contribution in [3.63, 3.8) is 0 Å². The molecular weight excluding hydrogens is 222 g/mol. The third kappa shape index (κ3) is 2.18. The Bertz CT molecular complexity index is 557. The molecule has 1 fully saturated rings. The number of rotatable bonds is 1. The fourth-order valence-electron chi connectivity index (χ4n) is 2.48. The lowest BCUT2D eigenvalue weighted by Gasteiger charge is -2.34. The second-order valence-electron chi connectivity index (χ2n) is 5.18. The quantitative estimate of drug-likeness (QED) is 0.763. The number of fused-ring (bicyclic) bond motifs is 1. The molecule has 3 nitrogen and oxygen atoms in total. The van der Waals surface area contributed by atoms with E-state index in [9.17, 15) is 0 Å². The molecule has 94 valence electrons. The summed E-state index contributed by atoms with van der Waals surface area (Å²) in [5, 5.41) is 1.23. The van der Waals surface area contributed by atoms with E-state index in [1.165, 1.54) is 16.6 Å². The van der Waals surface area contributed by atoms with Crippen LogP contribution in [0.2, 0.25) is 0 Å². The Morgan fingerprint density at radius 3 is 2.61 bits per heavy atom. The van der Waals surface area contributed by atoms with Crippen LogP contribution in [0, 0.1) is 6.92 Å². The van der Waals surface area contributed by atoms with Gasteiger partial charge >= 0.3 is 0 Å². The molecule has 2 heterocycles. The summed E-state index contributed by atoms with van der Waals surface area (Å²) in [5.41, 5.74) is 3.61. The van der Waals surface area contributed by atoms with Crippen molar-refractivity contribution in [1.29, 1.82) is 0 Å². The monoisotopic (exact) mass is 241 g/mol. The minimum absolute atomic E-state index is 1.09. The lowest BCUT2D eigenvalue weighted by molar-refractivity contribution is 0.313. The van der Waals surface area contributed by atoms with Gasteiger partial charge in [0.25, 0.3) is 0 Å². The van der Waals surface area contributed by atoms with E-state index in [-0.39, 0.29) is 0 Å². The molecule has 0 atom stereocenters. The van der Waals surface area contributed by atoms with Crippen LogP contribution in [0.25, 0.3) is 10.9 Å². The fourth-order valence-corrected chi connectivity index (χ4v) is 2.48. The van der Waals surface area contributed by atoms with Gasteiger partial charge in [-0.2, -0.15) is 0 Å². The molecule has 1 aliphatic heterocycles. The van der Waals surface area contributed by atoms with Gasteiger partial charge in [-0.3, -0.25) is 4.98 Å². The van der Waals surface area contributed by atoms with E-state index in [4.69, 9.17) is 0 Å². The number of nitrogens with zero attached hydrogens (tertiary/aromatic N) is 3. The van der Waals surface area contributed by atoms with Gasteiger partial charge in [0.1, 0.15) is 0 Å². The number of likely N-dealkylation sites (N-methyl/N-ethyl adjacent to an activating group) is 1. The molecule has 0 aliphatic carbocycles. The number of hydrogen-bond acceptors (Lipinski definition) is 3. The van der Waals surface area contributed by atoms with E-state index in [0.29, 0.717) is 0 Å². The van der Waals surface area contributed by atoms with Crippen molar-refractivity contribution in [2.45, 2.75) is 6.92 Å². The first-order chi connectivity index (χ1) is 8.72. The third-order valence-corrected chi connectivity index (χ3v) is 3.67. The van der Waals surface area contributed by atoms with Crippen LogP contribution < -0.4 is 4.90 Å². The first-order valence-corrected chi connectivity index (χ1v) is 6.52.